The molecule has 1 unspecified atom stereocenters. The van der Waals surface area contributed by atoms with Gasteiger partial charge in [-0.25, -0.2) is 4.98 Å². The third kappa shape index (κ3) is 3.46. The van der Waals surface area contributed by atoms with Crippen molar-refractivity contribution in [1.29, 1.82) is 0 Å². The number of nitrogens with one attached hydrogen (secondary N) is 1. The predicted octanol–water partition coefficient (Wildman–Crippen LogP) is 4.02. The summed E-state index contributed by atoms with van der Waals surface area (Å²) in [6.07, 6.45) is 1.24. The zero-order valence-corrected chi connectivity index (χ0v) is 12.0. The summed E-state index contributed by atoms with van der Waals surface area (Å²) in [5.41, 5.74) is 0.938. The van der Waals surface area contributed by atoms with Gasteiger partial charge >= 0.3 is 0 Å². The summed E-state index contributed by atoms with van der Waals surface area (Å²) >= 11 is 11.9. The number of carbonyl (C=O) groups is 1. The maximum absolute atomic E-state index is 13.0. The van der Waals surface area contributed by atoms with Crippen molar-refractivity contribution in [2.75, 3.05) is 0 Å². The van der Waals surface area contributed by atoms with E-state index in [0.29, 0.717) is 10.0 Å². The average molecular weight is 313 g/mol. The molecule has 0 fully saturated rings. The molecule has 2 aromatic rings. The van der Waals surface area contributed by atoms with Gasteiger partial charge in [-0.15, -0.1) is 0 Å². The van der Waals surface area contributed by atoms with Crippen LogP contribution in [-0.2, 0) is 0 Å². The second-order valence-corrected chi connectivity index (χ2v) is 5.07. The molecule has 1 aromatic carbocycles. The third-order valence-corrected chi connectivity index (χ3v) is 3.33. The minimum absolute atomic E-state index is 0.203. The molecule has 0 saturated carbocycles. The fourth-order valence-corrected chi connectivity index (χ4v) is 2.33. The smallest absolute Gasteiger partial charge is 0.251 e. The van der Waals surface area contributed by atoms with Crippen LogP contribution in [0.3, 0.4) is 0 Å². The molecule has 1 heterocycles. The molecular formula is C14H11Cl2FN2O. The van der Waals surface area contributed by atoms with Crippen LogP contribution in [0.5, 0.6) is 0 Å². The quantitative estimate of drug-likeness (QED) is 0.870. The number of aromatic nitrogens is 1. The van der Waals surface area contributed by atoms with Crippen molar-refractivity contribution in [1.82, 2.24) is 10.3 Å². The van der Waals surface area contributed by atoms with Gasteiger partial charge in [-0.1, -0.05) is 29.3 Å². The van der Waals surface area contributed by atoms with Crippen molar-refractivity contribution in [2.45, 2.75) is 13.0 Å². The fourth-order valence-electron chi connectivity index (χ4n) is 1.75. The van der Waals surface area contributed by atoms with E-state index in [1.165, 1.54) is 12.3 Å². The van der Waals surface area contributed by atoms with Gasteiger partial charge in [0.25, 0.3) is 5.91 Å². The lowest BCUT2D eigenvalue weighted by molar-refractivity contribution is 0.0939. The van der Waals surface area contributed by atoms with E-state index < -0.39 is 11.9 Å². The molecule has 0 aliphatic rings. The highest BCUT2D eigenvalue weighted by Crippen LogP contribution is 2.26. The number of rotatable bonds is 3. The molecule has 0 saturated heterocycles. The van der Waals surface area contributed by atoms with E-state index >= 15 is 0 Å². The minimum Gasteiger partial charge on any atom is -0.345 e. The summed E-state index contributed by atoms with van der Waals surface area (Å²) in [6, 6.07) is 7.22. The molecule has 0 aliphatic carbocycles. The normalized spacial score (nSPS) is 12.0. The molecule has 20 heavy (non-hydrogen) atoms. The Morgan fingerprint density at radius 3 is 2.70 bits per heavy atom. The van der Waals surface area contributed by atoms with E-state index in [4.69, 9.17) is 23.2 Å². The predicted molar refractivity (Wildman–Crippen MR) is 76.5 cm³/mol. The molecule has 1 aromatic heterocycles. The van der Waals surface area contributed by atoms with Gasteiger partial charge in [-0.2, -0.15) is 4.39 Å². The van der Waals surface area contributed by atoms with Crippen LogP contribution >= 0.6 is 23.2 Å². The number of hydrogen-bond donors (Lipinski definition) is 1. The molecule has 6 heteroatoms. The molecule has 1 N–H and O–H groups in total. The Hall–Kier alpha value is -1.65. The molecular weight excluding hydrogens is 302 g/mol. The van der Waals surface area contributed by atoms with Crippen LogP contribution in [0.4, 0.5) is 4.39 Å². The molecule has 1 amide bonds. The number of benzene rings is 1. The van der Waals surface area contributed by atoms with E-state index in [-0.39, 0.29) is 11.6 Å². The van der Waals surface area contributed by atoms with Gasteiger partial charge in [0.05, 0.1) is 6.04 Å². The van der Waals surface area contributed by atoms with Gasteiger partial charge in [0.2, 0.25) is 5.95 Å². The zero-order chi connectivity index (χ0) is 14.7. The summed E-state index contributed by atoms with van der Waals surface area (Å²) in [4.78, 5) is 15.4. The Morgan fingerprint density at radius 2 is 2.05 bits per heavy atom. The highest BCUT2D eigenvalue weighted by Gasteiger charge is 2.14. The maximum atomic E-state index is 13.0. The van der Waals surface area contributed by atoms with Crippen LogP contribution in [0.25, 0.3) is 0 Å². The van der Waals surface area contributed by atoms with Gasteiger partial charge in [0, 0.05) is 27.9 Å². The Balaban J connectivity index is 2.15. The van der Waals surface area contributed by atoms with Crippen molar-refractivity contribution >= 4 is 29.1 Å². The topological polar surface area (TPSA) is 42.0 Å². The minimum atomic E-state index is -0.699. The first-order chi connectivity index (χ1) is 9.47. The van der Waals surface area contributed by atoms with E-state index in [1.807, 2.05) is 0 Å². The van der Waals surface area contributed by atoms with Crippen molar-refractivity contribution in [3.8, 4) is 0 Å². The molecule has 104 valence electrons. The summed E-state index contributed by atoms with van der Waals surface area (Å²) in [7, 11) is 0. The zero-order valence-electron chi connectivity index (χ0n) is 10.5. The van der Waals surface area contributed by atoms with E-state index in [1.54, 1.807) is 25.1 Å². The highest BCUT2D eigenvalue weighted by atomic mass is 35.5. The van der Waals surface area contributed by atoms with Gasteiger partial charge in [-0.3, -0.25) is 4.79 Å². The van der Waals surface area contributed by atoms with Gasteiger partial charge < -0.3 is 5.32 Å². The highest BCUT2D eigenvalue weighted by molar-refractivity contribution is 6.35. The van der Waals surface area contributed by atoms with Crippen molar-refractivity contribution in [3.63, 3.8) is 0 Å². The third-order valence-electron chi connectivity index (χ3n) is 2.77. The lowest BCUT2D eigenvalue weighted by Crippen LogP contribution is -2.27. The Morgan fingerprint density at radius 1 is 1.30 bits per heavy atom. The lowest BCUT2D eigenvalue weighted by atomic mass is 10.1. The van der Waals surface area contributed by atoms with Gasteiger partial charge in [0.1, 0.15) is 0 Å². The SMILES string of the molecule is CC(NC(=O)c1ccnc(F)c1)c1ccc(Cl)cc1Cl. The summed E-state index contributed by atoms with van der Waals surface area (Å²) in [5, 5.41) is 3.72. The summed E-state index contributed by atoms with van der Waals surface area (Å²) in [5.74, 6) is -1.10. The first-order valence-corrected chi connectivity index (χ1v) is 6.60. The largest absolute Gasteiger partial charge is 0.345 e. The molecule has 3 nitrogen and oxygen atoms in total. The van der Waals surface area contributed by atoms with Crippen molar-refractivity contribution in [2.24, 2.45) is 0 Å². The Bertz CT molecular complexity index is 649. The number of nitrogens with zero attached hydrogens (tertiary/aromatic N) is 1. The molecule has 0 spiro atoms. The Labute approximate surface area is 125 Å². The number of halogens is 3. The number of hydrogen-bond acceptors (Lipinski definition) is 2. The first kappa shape index (κ1) is 14.8. The lowest BCUT2D eigenvalue weighted by Gasteiger charge is -2.16. The standard InChI is InChI=1S/C14H11Cl2FN2O/c1-8(11-3-2-10(15)7-12(11)16)19-14(20)9-4-5-18-13(17)6-9/h2-8H,1H3,(H,19,20). The molecule has 0 bridgehead atoms. The van der Waals surface area contributed by atoms with E-state index in [2.05, 4.69) is 10.3 Å². The maximum Gasteiger partial charge on any atom is 0.251 e. The van der Waals surface area contributed by atoms with Crippen LogP contribution < -0.4 is 5.32 Å². The number of pyridine rings is 1. The second-order valence-electron chi connectivity index (χ2n) is 4.23. The van der Waals surface area contributed by atoms with E-state index in [9.17, 15) is 9.18 Å². The molecule has 1 atom stereocenters. The Kier molecular flexibility index (Phi) is 4.57. The first-order valence-electron chi connectivity index (χ1n) is 5.84. The molecule has 2 rings (SSSR count). The van der Waals surface area contributed by atoms with Gasteiger partial charge in [0.15, 0.2) is 0 Å². The second kappa shape index (κ2) is 6.20. The summed E-state index contributed by atoms with van der Waals surface area (Å²) < 4.78 is 13.0. The van der Waals surface area contributed by atoms with Crippen LogP contribution in [0.15, 0.2) is 36.5 Å². The number of carbonyl (C=O) groups excluding carboxylic acids is 1. The van der Waals surface area contributed by atoms with Crippen LogP contribution in [0, 0.1) is 5.95 Å². The average Bonchev–Trinajstić information content (AvgIpc) is 2.38. The van der Waals surface area contributed by atoms with Crippen molar-refractivity contribution in [3.05, 3.63) is 63.6 Å². The molecule has 0 radical (unpaired) electrons. The number of amides is 1. The molecule has 0 aliphatic heterocycles. The fraction of sp³-hybridized carbons (Fsp3) is 0.143. The van der Waals surface area contributed by atoms with Crippen molar-refractivity contribution < 1.29 is 9.18 Å². The monoisotopic (exact) mass is 312 g/mol. The van der Waals surface area contributed by atoms with E-state index in [0.717, 1.165) is 11.6 Å². The van der Waals surface area contributed by atoms with Gasteiger partial charge in [-0.05, 0) is 30.7 Å². The summed E-state index contributed by atoms with van der Waals surface area (Å²) in [6.45, 7) is 1.78. The van der Waals surface area contributed by atoms with Crippen LogP contribution in [0.2, 0.25) is 10.0 Å². The van der Waals surface area contributed by atoms with Crippen LogP contribution in [-0.4, -0.2) is 10.9 Å². The van der Waals surface area contributed by atoms with Crippen LogP contribution in [0.1, 0.15) is 28.9 Å².